The number of hydrogen-bond acceptors (Lipinski definition) is 3. The molecule has 6 heteroatoms. The van der Waals surface area contributed by atoms with Crippen LogP contribution < -0.4 is 10.1 Å². The van der Waals surface area contributed by atoms with Crippen molar-refractivity contribution < 1.29 is 18.7 Å². The molecule has 3 aromatic rings. The van der Waals surface area contributed by atoms with Gasteiger partial charge in [-0.05, 0) is 80.1 Å². The molecule has 0 saturated heterocycles. The van der Waals surface area contributed by atoms with Crippen molar-refractivity contribution in [1.29, 1.82) is 0 Å². The van der Waals surface area contributed by atoms with Crippen molar-refractivity contribution in [2.45, 2.75) is 66.1 Å². The zero-order valence-corrected chi connectivity index (χ0v) is 22.4. The fourth-order valence-corrected chi connectivity index (χ4v) is 4.15. The zero-order chi connectivity index (χ0) is 26.9. The van der Waals surface area contributed by atoms with Crippen molar-refractivity contribution in [2.75, 3.05) is 6.61 Å². The highest BCUT2D eigenvalue weighted by atomic mass is 19.1. The van der Waals surface area contributed by atoms with Crippen LogP contribution in [-0.4, -0.2) is 35.4 Å². The monoisotopic (exact) mass is 504 g/mol. The molecule has 2 amide bonds. The van der Waals surface area contributed by atoms with Crippen LogP contribution in [0.4, 0.5) is 4.39 Å². The van der Waals surface area contributed by atoms with Gasteiger partial charge in [0, 0.05) is 19.0 Å². The molecule has 2 atom stereocenters. The lowest BCUT2D eigenvalue weighted by Gasteiger charge is -2.32. The second kappa shape index (κ2) is 13.0. The normalized spacial score (nSPS) is 12.5. The summed E-state index contributed by atoms with van der Waals surface area (Å²) in [6, 6.07) is 18.8. The van der Waals surface area contributed by atoms with Crippen molar-refractivity contribution in [2.24, 2.45) is 0 Å². The highest BCUT2D eigenvalue weighted by Crippen LogP contribution is 2.24. The summed E-state index contributed by atoms with van der Waals surface area (Å²) in [5.41, 5.74) is 4.77. The van der Waals surface area contributed by atoms with E-state index in [9.17, 15) is 14.0 Å². The number of carbonyl (C=O) groups excluding carboxylic acids is 2. The number of benzene rings is 3. The van der Waals surface area contributed by atoms with Gasteiger partial charge in [-0.2, -0.15) is 0 Å². The maximum absolute atomic E-state index is 13.7. The Kier molecular flexibility index (Phi) is 9.84. The zero-order valence-electron chi connectivity index (χ0n) is 22.4. The number of carbonyl (C=O) groups is 2. The first-order valence-electron chi connectivity index (χ1n) is 12.8. The largest absolute Gasteiger partial charge is 0.483 e. The third-order valence-corrected chi connectivity index (χ3v) is 6.65. The van der Waals surface area contributed by atoms with Crippen LogP contribution in [0.2, 0.25) is 0 Å². The van der Waals surface area contributed by atoms with Crippen molar-refractivity contribution in [3.63, 3.8) is 0 Å². The van der Waals surface area contributed by atoms with Gasteiger partial charge in [-0.3, -0.25) is 9.59 Å². The van der Waals surface area contributed by atoms with Crippen molar-refractivity contribution in [3.05, 3.63) is 100 Å². The summed E-state index contributed by atoms with van der Waals surface area (Å²) in [6.07, 6.45) is 1.11. The summed E-state index contributed by atoms with van der Waals surface area (Å²) >= 11 is 0. The van der Waals surface area contributed by atoms with Crippen LogP contribution >= 0.6 is 0 Å². The van der Waals surface area contributed by atoms with E-state index in [0.29, 0.717) is 12.2 Å². The highest BCUT2D eigenvalue weighted by Gasteiger charge is 2.31. The number of halogens is 1. The summed E-state index contributed by atoms with van der Waals surface area (Å²) in [5.74, 6) is -0.249. The minimum Gasteiger partial charge on any atom is -0.483 e. The molecule has 3 aromatic carbocycles. The van der Waals surface area contributed by atoms with E-state index in [1.165, 1.54) is 12.1 Å². The predicted octanol–water partition coefficient (Wildman–Crippen LogP) is 5.68. The van der Waals surface area contributed by atoms with Crippen LogP contribution in [0.15, 0.2) is 66.7 Å². The van der Waals surface area contributed by atoms with Gasteiger partial charge < -0.3 is 15.0 Å². The second-order valence-electron chi connectivity index (χ2n) is 9.67. The molecule has 196 valence electrons. The first-order chi connectivity index (χ1) is 17.7. The van der Waals surface area contributed by atoms with Crippen LogP contribution in [0.1, 0.15) is 48.1 Å². The summed E-state index contributed by atoms with van der Waals surface area (Å²) in [4.78, 5) is 28.8. The van der Waals surface area contributed by atoms with Gasteiger partial charge in [-0.25, -0.2) is 4.39 Å². The molecular weight excluding hydrogens is 467 g/mol. The topological polar surface area (TPSA) is 58.6 Å². The molecule has 0 fully saturated rings. The third kappa shape index (κ3) is 7.91. The van der Waals surface area contributed by atoms with Crippen LogP contribution in [0.3, 0.4) is 0 Å². The van der Waals surface area contributed by atoms with E-state index < -0.39 is 6.04 Å². The second-order valence-corrected chi connectivity index (χ2v) is 9.67. The number of aryl methyl sites for hydroxylation is 2. The molecule has 0 saturated carbocycles. The van der Waals surface area contributed by atoms with Gasteiger partial charge in [0.25, 0.3) is 5.91 Å². The number of rotatable bonds is 11. The minimum atomic E-state index is -0.766. The highest BCUT2D eigenvalue weighted by molar-refractivity contribution is 5.88. The Bertz CT molecular complexity index is 1200. The van der Waals surface area contributed by atoms with Gasteiger partial charge in [-0.1, -0.05) is 55.5 Å². The first-order valence-corrected chi connectivity index (χ1v) is 12.8. The average Bonchev–Trinajstić information content (AvgIpc) is 2.88. The molecule has 0 aliphatic rings. The molecule has 2 unspecified atom stereocenters. The molecule has 0 bridgehead atoms. The molecule has 5 nitrogen and oxygen atoms in total. The van der Waals surface area contributed by atoms with E-state index in [2.05, 4.69) is 11.4 Å². The van der Waals surface area contributed by atoms with Gasteiger partial charge in [-0.15, -0.1) is 0 Å². The molecular formula is C31H37FN2O3. The minimum absolute atomic E-state index is 0.0392. The number of nitrogens with one attached hydrogen (secondary N) is 1. The fraction of sp³-hybridized carbons (Fsp3) is 0.355. The third-order valence-electron chi connectivity index (χ3n) is 6.65. The maximum Gasteiger partial charge on any atom is 0.261 e. The molecule has 0 spiro atoms. The lowest BCUT2D eigenvalue weighted by molar-refractivity contribution is -0.143. The molecule has 1 N–H and O–H groups in total. The molecule has 0 aliphatic carbocycles. The standard InChI is InChI=1S/C31H37FN2O3/c1-6-23(4)33-31(36)28(18-25-10-8-7-9-11-25)34(19-26-12-14-27(32)15-13-26)30(35)20-37-29-17-21(2)16-22(3)24(29)5/h7-17,23,28H,6,18-20H2,1-5H3,(H,33,36). The molecule has 0 radical (unpaired) electrons. The smallest absolute Gasteiger partial charge is 0.261 e. The Labute approximate surface area is 219 Å². The van der Waals surface area contributed by atoms with E-state index in [0.717, 1.165) is 34.2 Å². The van der Waals surface area contributed by atoms with E-state index >= 15 is 0 Å². The Hall–Kier alpha value is -3.67. The summed E-state index contributed by atoms with van der Waals surface area (Å²) in [7, 11) is 0. The quantitative estimate of drug-likeness (QED) is 0.365. The van der Waals surface area contributed by atoms with Gasteiger partial charge in [0.1, 0.15) is 17.6 Å². The van der Waals surface area contributed by atoms with Crippen LogP contribution in [-0.2, 0) is 22.6 Å². The average molecular weight is 505 g/mol. The van der Waals surface area contributed by atoms with Gasteiger partial charge in [0.05, 0.1) is 0 Å². The maximum atomic E-state index is 13.7. The Balaban J connectivity index is 1.94. The number of hydrogen-bond donors (Lipinski definition) is 1. The first kappa shape index (κ1) is 27.9. The molecule has 0 heterocycles. The Morgan fingerprint density at radius 1 is 0.973 bits per heavy atom. The van der Waals surface area contributed by atoms with Crippen molar-refractivity contribution in [3.8, 4) is 5.75 Å². The SMILES string of the molecule is CCC(C)NC(=O)C(Cc1ccccc1)N(Cc1ccc(F)cc1)C(=O)COc1cc(C)cc(C)c1C. The molecule has 0 aliphatic heterocycles. The number of nitrogens with zero attached hydrogens (tertiary/aromatic N) is 1. The Morgan fingerprint density at radius 2 is 1.65 bits per heavy atom. The van der Waals surface area contributed by atoms with Crippen LogP contribution in [0.5, 0.6) is 5.75 Å². The number of ether oxygens (including phenoxy) is 1. The van der Waals surface area contributed by atoms with Gasteiger partial charge in [0.15, 0.2) is 6.61 Å². The predicted molar refractivity (Wildman–Crippen MR) is 145 cm³/mol. The van der Waals surface area contributed by atoms with Gasteiger partial charge in [0.2, 0.25) is 5.91 Å². The van der Waals surface area contributed by atoms with E-state index in [1.807, 2.05) is 71.0 Å². The van der Waals surface area contributed by atoms with E-state index in [4.69, 9.17) is 4.74 Å². The fourth-order valence-electron chi connectivity index (χ4n) is 4.15. The number of amides is 2. The lowest BCUT2D eigenvalue weighted by atomic mass is 10.0. The van der Waals surface area contributed by atoms with Crippen LogP contribution in [0, 0.1) is 26.6 Å². The molecule has 0 aromatic heterocycles. The summed E-state index contributed by atoms with van der Waals surface area (Å²) in [5, 5.41) is 3.04. The lowest BCUT2D eigenvalue weighted by Crippen LogP contribution is -2.53. The van der Waals surface area contributed by atoms with Crippen molar-refractivity contribution >= 4 is 11.8 Å². The van der Waals surface area contributed by atoms with Crippen LogP contribution in [0.25, 0.3) is 0 Å². The molecule has 37 heavy (non-hydrogen) atoms. The Morgan fingerprint density at radius 3 is 2.30 bits per heavy atom. The van der Waals surface area contributed by atoms with E-state index in [-0.39, 0.29) is 36.8 Å². The summed E-state index contributed by atoms with van der Waals surface area (Å²) < 4.78 is 19.6. The van der Waals surface area contributed by atoms with Gasteiger partial charge >= 0.3 is 0 Å². The van der Waals surface area contributed by atoms with Crippen molar-refractivity contribution in [1.82, 2.24) is 10.2 Å². The van der Waals surface area contributed by atoms with E-state index in [1.54, 1.807) is 17.0 Å². The summed E-state index contributed by atoms with van der Waals surface area (Å²) in [6.45, 7) is 9.83. The molecule has 3 rings (SSSR count).